The molecule has 2 aromatic rings. The summed E-state index contributed by atoms with van der Waals surface area (Å²) in [6, 6.07) is 8.84. The molecule has 0 saturated heterocycles. The van der Waals surface area contributed by atoms with Gasteiger partial charge in [0.05, 0.1) is 17.3 Å². The number of benzene rings is 1. The number of nitrogens with zero attached hydrogens (tertiary/aromatic N) is 3. The first-order chi connectivity index (χ1) is 10.9. The van der Waals surface area contributed by atoms with Gasteiger partial charge in [-0.2, -0.15) is 0 Å². The molecule has 1 heterocycles. The van der Waals surface area contributed by atoms with Crippen LogP contribution in [0.1, 0.15) is 19.5 Å². The lowest BCUT2D eigenvalue weighted by Crippen LogP contribution is -2.41. The van der Waals surface area contributed by atoms with E-state index in [4.69, 9.17) is 16.7 Å². The lowest BCUT2D eigenvalue weighted by molar-refractivity contribution is 0.172. The summed E-state index contributed by atoms with van der Waals surface area (Å²) in [7, 11) is 0. The number of nitrogens with one attached hydrogen (secondary N) is 1. The predicted octanol–water partition coefficient (Wildman–Crippen LogP) is 3.07. The number of carbonyl (C=O) groups excluding carboxylic acids is 1. The van der Waals surface area contributed by atoms with Crippen molar-refractivity contribution >= 4 is 23.4 Å². The molecule has 23 heavy (non-hydrogen) atoms. The van der Waals surface area contributed by atoms with Gasteiger partial charge in [-0.3, -0.25) is 5.32 Å². The molecule has 0 radical (unpaired) electrons. The van der Waals surface area contributed by atoms with Gasteiger partial charge in [-0.15, -0.1) is 5.10 Å². The minimum Gasteiger partial charge on any atom is -0.395 e. The van der Waals surface area contributed by atoms with Gasteiger partial charge in [0.25, 0.3) is 0 Å². The van der Waals surface area contributed by atoms with Crippen molar-refractivity contribution in [3.05, 3.63) is 41.0 Å². The number of hydrogen-bond donors (Lipinski definition) is 2. The number of aryl methyl sites for hydroxylation is 1. The highest BCUT2D eigenvalue weighted by Crippen LogP contribution is 2.22. The van der Waals surface area contributed by atoms with E-state index in [1.807, 2.05) is 39.0 Å². The first-order valence-corrected chi connectivity index (χ1v) is 7.82. The standard InChI is InChI=1S/C16H21ClN4O2/c1-11(2)20(8-9-22)16(23)18-15-10-12(3)21(19-15)14-7-5-4-6-13(14)17/h4-7,10-11,22H,8-9H2,1-3H3,(H,18,19,23). The Labute approximate surface area is 140 Å². The Hall–Kier alpha value is -2.05. The number of urea groups is 1. The number of aliphatic hydroxyl groups excluding tert-OH is 1. The molecule has 0 unspecified atom stereocenters. The van der Waals surface area contributed by atoms with Gasteiger partial charge in [-0.1, -0.05) is 23.7 Å². The number of hydrogen-bond acceptors (Lipinski definition) is 3. The lowest BCUT2D eigenvalue weighted by Gasteiger charge is -2.25. The van der Waals surface area contributed by atoms with E-state index in [9.17, 15) is 4.79 Å². The Bertz CT molecular complexity index is 684. The predicted molar refractivity (Wildman–Crippen MR) is 91.3 cm³/mol. The Kier molecular flexibility index (Phi) is 5.63. The number of carbonyl (C=O) groups is 1. The minimum absolute atomic E-state index is 0.0195. The van der Waals surface area contributed by atoms with Crippen LogP contribution in [0.5, 0.6) is 0 Å². The van der Waals surface area contributed by atoms with Crippen molar-refractivity contribution in [2.24, 2.45) is 0 Å². The summed E-state index contributed by atoms with van der Waals surface area (Å²) in [6.07, 6.45) is 0. The van der Waals surface area contributed by atoms with Crippen LogP contribution >= 0.6 is 11.6 Å². The number of aliphatic hydroxyl groups is 1. The van der Waals surface area contributed by atoms with Gasteiger partial charge in [-0.05, 0) is 32.9 Å². The molecule has 7 heteroatoms. The normalized spacial score (nSPS) is 10.9. The molecule has 0 bridgehead atoms. The van der Waals surface area contributed by atoms with E-state index in [-0.39, 0.29) is 25.2 Å². The van der Waals surface area contributed by atoms with E-state index < -0.39 is 0 Å². The zero-order chi connectivity index (χ0) is 17.0. The highest BCUT2D eigenvalue weighted by atomic mass is 35.5. The van der Waals surface area contributed by atoms with Crippen LogP contribution in [0.25, 0.3) is 5.69 Å². The molecule has 0 fully saturated rings. The SMILES string of the molecule is Cc1cc(NC(=O)N(CCO)C(C)C)nn1-c1ccccc1Cl. The Morgan fingerprint density at radius 3 is 2.74 bits per heavy atom. The van der Waals surface area contributed by atoms with Crippen LogP contribution in [0.2, 0.25) is 5.02 Å². The molecule has 2 N–H and O–H groups in total. The third kappa shape index (κ3) is 4.03. The van der Waals surface area contributed by atoms with Crippen molar-refractivity contribution in [2.45, 2.75) is 26.8 Å². The van der Waals surface area contributed by atoms with Crippen LogP contribution in [0, 0.1) is 6.92 Å². The van der Waals surface area contributed by atoms with Crippen LogP contribution in [-0.2, 0) is 0 Å². The summed E-state index contributed by atoms with van der Waals surface area (Å²) in [5, 5.41) is 16.8. The Balaban J connectivity index is 2.21. The maximum atomic E-state index is 12.3. The molecular formula is C16H21ClN4O2. The largest absolute Gasteiger partial charge is 0.395 e. The van der Waals surface area contributed by atoms with Crippen molar-refractivity contribution in [1.82, 2.24) is 14.7 Å². The van der Waals surface area contributed by atoms with Gasteiger partial charge in [0.1, 0.15) is 0 Å². The van der Waals surface area contributed by atoms with Gasteiger partial charge in [0, 0.05) is 24.3 Å². The fraction of sp³-hybridized carbons (Fsp3) is 0.375. The second-order valence-electron chi connectivity index (χ2n) is 5.48. The number of aromatic nitrogens is 2. The lowest BCUT2D eigenvalue weighted by atomic mass is 10.3. The molecule has 0 spiro atoms. The number of halogens is 1. The van der Waals surface area contributed by atoms with Crippen LogP contribution < -0.4 is 5.32 Å². The summed E-state index contributed by atoms with van der Waals surface area (Å²) >= 11 is 6.19. The van der Waals surface area contributed by atoms with Crippen LogP contribution in [0.4, 0.5) is 10.6 Å². The summed E-state index contributed by atoms with van der Waals surface area (Å²) in [6.45, 7) is 5.86. The van der Waals surface area contributed by atoms with E-state index in [0.717, 1.165) is 11.4 Å². The summed E-state index contributed by atoms with van der Waals surface area (Å²) in [5.74, 6) is 0.441. The Morgan fingerprint density at radius 2 is 2.13 bits per heavy atom. The van der Waals surface area contributed by atoms with Crippen molar-refractivity contribution < 1.29 is 9.90 Å². The molecule has 124 valence electrons. The van der Waals surface area contributed by atoms with Gasteiger partial charge in [0.15, 0.2) is 5.82 Å². The molecular weight excluding hydrogens is 316 g/mol. The molecule has 0 aliphatic carbocycles. The first-order valence-electron chi connectivity index (χ1n) is 7.44. The number of rotatable bonds is 5. The molecule has 2 amide bonds. The molecule has 0 aliphatic rings. The fourth-order valence-electron chi connectivity index (χ4n) is 2.29. The average Bonchev–Trinajstić information content (AvgIpc) is 2.85. The fourth-order valence-corrected chi connectivity index (χ4v) is 2.50. The van der Waals surface area contributed by atoms with Crippen LogP contribution in [-0.4, -0.2) is 45.0 Å². The molecule has 1 aromatic carbocycles. The molecule has 2 rings (SSSR count). The van der Waals surface area contributed by atoms with Gasteiger partial charge >= 0.3 is 6.03 Å². The molecule has 0 atom stereocenters. The number of amides is 2. The zero-order valence-corrected chi connectivity index (χ0v) is 14.2. The second-order valence-corrected chi connectivity index (χ2v) is 5.88. The number of anilines is 1. The van der Waals surface area contributed by atoms with Crippen molar-refractivity contribution in [2.75, 3.05) is 18.5 Å². The highest BCUT2D eigenvalue weighted by molar-refractivity contribution is 6.32. The third-order valence-electron chi connectivity index (χ3n) is 3.43. The first kappa shape index (κ1) is 17.3. The van der Waals surface area contributed by atoms with Crippen molar-refractivity contribution in [3.63, 3.8) is 0 Å². The Morgan fingerprint density at radius 1 is 1.43 bits per heavy atom. The van der Waals surface area contributed by atoms with E-state index >= 15 is 0 Å². The maximum absolute atomic E-state index is 12.3. The third-order valence-corrected chi connectivity index (χ3v) is 3.75. The summed E-state index contributed by atoms with van der Waals surface area (Å²) < 4.78 is 1.68. The molecule has 1 aromatic heterocycles. The molecule has 0 saturated carbocycles. The maximum Gasteiger partial charge on any atom is 0.323 e. The van der Waals surface area contributed by atoms with Crippen LogP contribution in [0.15, 0.2) is 30.3 Å². The smallest absolute Gasteiger partial charge is 0.323 e. The molecule has 0 aliphatic heterocycles. The topological polar surface area (TPSA) is 70.4 Å². The van der Waals surface area contributed by atoms with E-state index in [2.05, 4.69) is 10.4 Å². The minimum atomic E-state index is -0.294. The van der Waals surface area contributed by atoms with E-state index in [1.165, 1.54) is 0 Å². The van der Waals surface area contributed by atoms with Gasteiger partial charge in [0.2, 0.25) is 0 Å². The van der Waals surface area contributed by atoms with Crippen molar-refractivity contribution in [1.29, 1.82) is 0 Å². The average molecular weight is 337 g/mol. The van der Waals surface area contributed by atoms with E-state index in [0.29, 0.717) is 10.8 Å². The number of para-hydroxylation sites is 1. The highest BCUT2D eigenvalue weighted by Gasteiger charge is 2.18. The zero-order valence-electron chi connectivity index (χ0n) is 13.5. The van der Waals surface area contributed by atoms with E-state index in [1.54, 1.807) is 21.7 Å². The van der Waals surface area contributed by atoms with Gasteiger partial charge in [-0.25, -0.2) is 9.48 Å². The van der Waals surface area contributed by atoms with Gasteiger partial charge < -0.3 is 10.0 Å². The molecule has 6 nitrogen and oxygen atoms in total. The second kappa shape index (κ2) is 7.48. The monoisotopic (exact) mass is 336 g/mol. The summed E-state index contributed by atoms with van der Waals surface area (Å²) in [5.41, 5.74) is 1.61. The van der Waals surface area contributed by atoms with Crippen molar-refractivity contribution in [3.8, 4) is 5.69 Å². The van der Waals surface area contributed by atoms with Crippen LogP contribution in [0.3, 0.4) is 0 Å². The summed E-state index contributed by atoms with van der Waals surface area (Å²) in [4.78, 5) is 13.8. The quantitative estimate of drug-likeness (QED) is 0.881.